The molecule has 1 aliphatic heterocycles. The highest BCUT2D eigenvalue weighted by molar-refractivity contribution is 7.92. The fraction of sp³-hybridized carbons (Fsp3) is 0.269. The summed E-state index contributed by atoms with van der Waals surface area (Å²) >= 11 is 4.92. The Labute approximate surface area is 232 Å². The highest BCUT2D eigenvalue weighted by atomic mass is 32.2. The van der Waals surface area contributed by atoms with Crippen LogP contribution in [-0.2, 0) is 16.2 Å². The lowest BCUT2D eigenvalue weighted by atomic mass is 10.0. The van der Waals surface area contributed by atoms with Crippen molar-refractivity contribution in [2.24, 2.45) is 0 Å². The van der Waals surface area contributed by atoms with E-state index in [1.165, 1.54) is 17.6 Å². The largest absolute Gasteiger partial charge is 0.435 e. The molecule has 3 aromatic carbocycles. The van der Waals surface area contributed by atoms with Crippen molar-refractivity contribution in [1.29, 1.82) is 0 Å². The van der Waals surface area contributed by atoms with Crippen molar-refractivity contribution in [3.63, 3.8) is 0 Å². The number of alkyl halides is 5. The molecule has 0 aliphatic carbocycles. The van der Waals surface area contributed by atoms with E-state index in [-0.39, 0.29) is 29.9 Å². The van der Waals surface area contributed by atoms with Crippen LogP contribution in [0.4, 0.5) is 37.7 Å². The van der Waals surface area contributed by atoms with Crippen LogP contribution < -0.4 is 13.9 Å². The van der Waals surface area contributed by atoms with Crippen molar-refractivity contribution >= 4 is 39.1 Å². The lowest BCUT2D eigenvalue weighted by molar-refractivity contribution is -0.137. The lowest BCUT2D eigenvalue weighted by Crippen LogP contribution is -2.46. The smallest absolute Gasteiger partial charge is 0.416 e. The van der Waals surface area contributed by atoms with Gasteiger partial charge in [0.05, 0.1) is 33.9 Å². The van der Waals surface area contributed by atoms with Crippen LogP contribution in [-0.4, -0.2) is 58.6 Å². The Morgan fingerprint density at radius 3 is 2.45 bits per heavy atom. The number of nitrogens with zero attached hydrogens (tertiary/aromatic N) is 3. The van der Waals surface area contributed by atoms with Crippen LogP contribution in [0.25, 0.3) is 11.1 Å². The van der Waals surface area contributed by atoms with Gasteiger partial charge in [-0.1, -0.05) is 24.4 Å². The van der Waals surface area contributed by atoms with E-state index in [2.05, 4.69) is 4.74 Å². The van der Waals surface area contributed by atoms with Gasteiger partial charge in [0.2, 0.25) is 0 Å². The van der Waals surface area contributed by atoms with E-state index in [0.717, 1.165) is 34.6 Å². The lowest BCUT2D eigenvalue weighted by Gasteiger charge is -2.39. The quantitative estimate of drug-likeness (QED) is 0.221. The number of likely N-dealkylation sites (N-methyl/N-ethyl adjacent to an activating group) is 1. The van der Waals surface area contributed by atoms with Crippen LogP contribution in [0.1, 0.15) is 5.56 Å². The second kappa shape index (κ2) is 11.5. The molecule has 0 amide bonds. The average molecular weight is 604 g/mol. The van der Waals surface area contributed by atoms with Gasteiger partial charge in [-0.3, -0.25) is 4.31 Å². The summed E-state index contributed by atoms with van der Waals surface area (Å²) in [5, 5.41) is 0. The van der Waals surface area contributed by atoms with Gasteiger partial charge >= 0.3 is 12.8 Å². The normalized spacial score (nSPS) is 13.8. The molecule has 0 aromatic heterocycles. The monoisotopic (exact) mass is 603 g/mol. The molecule has 0 fully saturated rings. The topological polar surface area (TPSA) is 53.1 Å². The molecule has 1 heterocycles. The fourth-order valence-corrected chi connectivity index (χ4v) is 5.91. The van der Waals surface area contributed by atoms with E-state index in [9.17, 15) is 34.8 Å². The summed E-state index contributed by atoms with van der Waals surface area (Å²) in [5.41, 5.74) is 1.35. The Balaban J connectivity index is 1.82. The Kier molecular flexibility index (Phi) is 8.49. The molecule has 0 bridgehead atoms. The summed E-state index contributed by atoms with van der Waals surface area (Å²) in [6.45, 7) is -2.12. The predicted molar refractivity (Wildman–Crippen MR) is 143 cm³/mol. The first-order valence-corrected chi connectivity index (χ1v) is 13.7. The summed E-state index contributed by atoms with van der Waals surface area (Å²) in [6, 6.07) is 11.1. The minimum atomic E-state index is -4.75. The maximum Gasteiger partial charge on any atom is 0.416 e. The summed E-state index contributed by atoms with van der Waals surface area (Å²) in [4.78, 5) is 3.10. The van der Waals surface area contributed by atoms with Crippen LogP contribution in [0, 0.1) is 5.82 Å². The van der Waals surface area contributed by atoms with Crippen LogP contribution >= 0.6 is 12.2 Å². The molecule has 0 N–H and O–H groups in total. The summed E-state index contributed by atoms with van der Waals surface area (Å²) < 4.78 is 112. The number of fused-ring (bicyclic) bond motifs is 1. The number of ether oxygens (including phenoxy) is 1. The molecule has 0 saturated heterocycles. The predicted octanol–water partition coefficient (Wildman–Crippen LogP) is 6.02. The summed E-state index contributed by atoms with van der Waals surface area (Å²) in [7, 11) is -2.70. The Morgan fingerprint density at radius 1 is 1.02 bits per heavy atom. The molecule has 0 atom stereocenters. The molecule has 3 aromatic rings. The molecule has 0 radical (unpaired) electrons. The maximum absolute atomic E-state index is 14.2. The summed E-state index contributed by atoms with van der Waals surface area (Å²) in [6.07, 6.45) is -4.75. The average Bonchev–Trinajstić information content (AvgIpc) is 2.89. The zero-order valence-electron chi connectivity index (χ0n) is 20.9. The third-order valence-electron chi connectivity index (χ3n) is 6.24. The summed E-state index contributed by atoms with van der Waals surface area (Å²) in [5.74, 6) is -1.29. The second-order valence-electron chi connectivity index (χ2n) is 8.93. The van der Waals surface area contributed by atoms with Crippen molar-refractivity contribution in [3.8, 4) is 16.9 Å². The molecule has 40 heavy (non-hydrogen) atoms. The first kappa shape index (κ1) is 29.5. The van der Waals surface area contributed by atoms with Crippen LogP contribution in [0.15, 0.2) is 65.6 Å². The number of benzene rings is 3. The Hall–Kier alpha value is -3.52. The molecule has 4 rings (SSSR count). The zero-order valence-corrected chi connectivity index (χ0v) is 22.5. The van der Waals surface area contributed by atoms with Gasteiger partial charge in [0.25, 0.3) is 10.0 Å². The van der Waals surface area contributed by atoms with E-state index < -0.39 is 44.8 Å². The van der Waals surface area contributed by atoms with E-state index in [1.54, 1.807) is 24.1 Å². The van der Waals surface area contributed by atoms with Crippen molar-refractivity contribution in [1.82, 2.24) is 4.90 Å². The number of hydrogen-bond donors (Lipinski definition) is 0. The molecule has 0 unspecified atom stereocenters. The van der Waals surface area contributed by atoms with Crippen LogP contribution in [0.2, 0.25) is 0 Å². The first-order valence-electron chi connectivity index (χ1n) is 11.8. The van der Waals surface area contributed by atoms with Crippen molar-refractivity contribution < 1.29 is 39.5 Å². The third kappa shape index (κ3) is 6.44. The number of hydrogen-bond acceptors (Lipinski definition) is 5. The minimum Gasteiger partial charge on any atom is -0.435 e. The molecular weight excluding hydrogens is 580 g/mol. The maximum atomic E-state index is 14.2. The van der Waals surface area contributed by atoms with Crippen molar-refractivity contribution in [3.05, 3.63) is 72.0 Å². The van der Waals surface area contributed by atoms with Crippen LogP contribution in [0.3, 0.4) is 0 Å². The standard InChI is InChI=1S/C26H23F6N3O3S2/c1-33(16-39)7-8-34-9-10-35(40(36,37)22-4-2-3-19(14-22)26(30,31)32)24-13-17(5-6-23(24)34)18-11-20(27)15-21(12-18)38-25(28)29/h2-6,11-16,25H,7-10H2,1H3. The van der Waals surface area contributed by atoms with Gasteiger partial charge < -0.3 is 14.5 Å². The highest BCUT2D eigenvalue weighted by Crippen LogP contribution is 2.41. The number of thiocarbonyl (C=S) groups is 1. The van der Waals surface area contributed by atoms with Gasteiger partial charge in [0.15, 0.2) is 0 Å². The van der Waals surface area contributed by atoms with Gasteiger partial charge in [-0.25, -0.2) is 12.8 Å². The fourth-order valence-electron chi connectivity index (χ4n) is 4.30. The van der Waals surface area contributed by atoms with E-state index in [1.807, 2.05) is 4.90 Å². The van der Waals surface area contributed by atoms with E-state index in [0.29, 0.717) is 24.8 Å². The van der Waals surface area contributed by atoms with Crippen LogP contribution in [0.5, 0.6) is 5.75 Å². The number of anilines is 2. The van der Waals surface area contributed by atoms with Gasteiger partial charge in [-0.05, 0) is 53.6 Å². The molecule has 6 nitrogen and oxygen atoms in total. The highest BCUT2D eigenvalue weighted by Gasteiger charge is 2.35. The van der Waals surface area contributed by atoms with Crippen molar-refractivity contribution in [2.75, 3.05) is 42.4 Å². The van der Waals surface area contributed by atoms with Gasteiger partial charge in [-0.2, -0.15) is 22.0 Å². The Morgan fingerprint density at radius 2 is 1.77 bits per heavy atom. The molecule has 214 valence electrons. The number of halogens is 6. The van der Waals surface area contributed by atoms with E-state index >= 15 is 0 Å². The SMILES string of the molecule is CN(C=S)CCN1CCN(S(=O)(=O)c2cccc(C(F)(F)F)c2)c2cc(-c3cc(F)cc(OC(F)F)c3)ccc21. The van der Waals surface area contributed by atoms with Crippen molar-refractivity contribution in [2.45, 2.75) is 17.7 Å². The van der Waals surface area contributed by atoms with Gasteiger partial charge in [0.1, 0.15) is 11.6 Å². The molecule has 0 spiro atoms. The molecule has 1 aliphatic rings. The minimum absolute atomic E-state index is 0.0980. The Bertz CT molecular complexity index is 1500. The molecule has 0 saturated carbocycles. The van der Waals surface area contributed by atoms with E-state index in [4.69, 9.17) is 12.2 Å². The zero-order chi connectivity index (χ0) is 29.2. The molecular formula is C26H23F6N3O3S2. The number of sulfonamides is 1. The van der Waals surface area contributed by atoms with Gasteiger partial charge in [-0.15, -0.1) is 0 Å². The third-order valence-corrected chi connectivity index (χ3v) is 8.41. The number of rotatable bonds is 9. The first-order chi connectivity index (χ1) is 18.8. The second-order valence-corrected chi connectivity index (χ2v) is 11.0. The molecule has 14 heteroatoms. The van der Waals surface area contributed by atoms with Gasteiger partial charge in [0, 0.05) is 32.7 Å².